The molecule has 7 nitrogen and oxygen atoms in total. The van der Waals surface area contributed by atoms with Crippen molar-refractivity contribution < 1.29 is 9.34 Å². The summed E-state index contributed by atoms with van der Waals surface area (Å²) in [5.74, 6) is 0.645. The number of para-hydroxylation sites is 1. The summed E-state index contributed by atoms with van der Waals surface area (Å²) >= 11 is 7.30. The lowest BCUT2D eigenvalue weighted by atomic mass is 10.2. The van der Waals surface area contributed by atoms with Gasteiger partial charge in [-0.1, -0.05) is 41.9 Å². The highest BCUT2D eigenvalue weighted by Gasteiger charge is 2.14. The van der Waals surface area contributed by atoms with Crippen LogP contribution in [0.2, 0.25) is 5.02 Å². The zero-order valence-corrected chi connectivity index (χ0v) is 17.1. The van der Waals surface area contributed by atoms with Crippen molar-refractivity contribution in [2.24, 2.45) is 10.1 Å². The topological polar surface area (TPSA) is 85.9 Å². The van der Waals surface area contributed by atoms with Crippen LogP contribution in [-0.2, 0) is 0 Å². The molecule has 0 amide bonds. The molecular weight excluding hydrogens is 424 g/mol. The van der Waals surface area contributed by atoms with Crippen LogP contribution in [0.4, 0.5) is 5.69 Å². The molecule has 0 saturated heterocycles. The number of nitro benzene ring substituents is 1. The Hall–Kier alpha value is -3.49. The third-order valence-electron chi connectivity index (χ3n) is 4.21. The van der Waals surface area contributed by atoms with Gasteiger partial charge in [-0.25, -0.2) is 4.68 Å². The lowest BCUT2D eigenvalue weighted by Gasteiger charge is -2.01. The van der Waals surface area contributed by atoms with Crippen LogP contribution in [0.1, 0.15) is 5.56 Å². The second-order valence-corrected chi connectivity index (χ2v) is 7.45. The Bertz CT molecular complexity index is 1320. The molecule has 0 unspecified atom stereocenters. The van der Waals surface area contributed by atoms with Crippen LogP contribution in [0, 0.1) is 10.1 Å². The van der Waals surface area contributed by atoms with Gasteiger partial charge in [-0.05, 0) is 18.2 Å². The van der Waals surface area contributed by atoms with E-state index in [1.165, 1.54) is 29.7 Å². The fourth-order valence-electron chi connectivity index (χ4n) is 2.81. The number of nitrogens with zero attached hydrogens (tertiary/aromatic N) is 4. The molecule has 0 aliphatic carbocycles. The first kappa shape index (κ1) is 19.8. The molecule has 30 heavy (non-hydrogen) atoms. The van der Waals surface area contributed by atoms with Gasteiger partial charge in [-0.15, -0.1) is 17.9 Å². The Morgan fingerprint density at radius 2 is 2.10 bits per heavy atom. The number of rotatable bonds is 6. The van der Waals surface area contributed by atoms with Crippen LogP contribution >= 0.6 is 22.9 Å². The van der Waals surface area contributed by atoms with Crippen LogP contribution in [0.5, 0.6) is 0 Å². The maximum Gasteiger partial charge on any atom is 0.288 e. The van der Waals surface area contributed by atoms with Gasteiger partial charge in [0.2, 0.25) is 4.80 Å². The van der Waals surface area contributed by atoms with Crippen molar-refractivity contribution in [3.05, 3.63) is 92.1 Å². The average Bonchev–Trinajstić information content (AvgIpc) is 3.34. The van der Waals surface area contributed by atoms with E-state index < -0.39 is 4.92 Å². The molecule has 0 atom stereocenters. The summed E-state index contributed by atoms with van der Waals surface area (Å²) in [6.07, 6.45) is 3.21. The molecule has 0 saturated carbocycles. The van der Waals surface area contributed by atoms with Crippen molar-refractivity contribution in [1.29, 1.82) is 0 Å². The van der Waals surface area contributed by atoms with E-state index in [9.17, 15) is 10.1 Å². The molecule has 0 radical (unpaired) electrons. The van der Waals surface area contributed by atoms with E-state index in [2.05, 4.69) is 16.7 Å². The monoisotopic (exact) mass is 438 g/mol. The Balaban J connectivity index is 1.80. The lowest BCUT2D eigenvalue weighted by Crippen LogP contribution is -2.12. The number of nitro groups is 1. The van der Waals surface area contributed by atoms with Crippen molar-refractivity contribution in [3.63, 3.8) is 0 Å². The van der Waals surface area contributed by atoms with Crippen molar-refractivity contribution in [3.8, 4) is 11.5 Å². The van der Waals surface area contributed by atoms with Gasteiger partial charge in [0.05, 0.1) is 17.7 Å². The smallest absolute Gasteiger partial charge is 0.288 e. The number of thiazole rings is 1. The first-order valence-electron chi connectivity index (χ1n) is 8.86. The third kappa shape index (κ3) is 3.96. The molecule has 0 bridgehead atoms. The quantitative estimate of drug-likeness (QED) is 0.172. The van der Waals surface area contributed by atoms with Crippen molar-refractivity contribution >= 4 is 45.8 Å². The zero-order chi connectivity index (χ0) is 21.1. The van der Waals surface area contributed by atoms with Gasteiger partial charge in [0.1, 0.15) is 16.3 Å². The predicted molar refractivity (Wildman–Crippen MR) is 119 cm³/mol. The lowest BCUT2D eigenvalue weighted by molar-refractivity contribution is -0.384. The third-order valence-corrected chi connectivity index (χ3v) is 5.38. The molecule has 2 heterocycles. The molecule has 9 heteroatoms. The molecule has 0 aliphatic heterocycles. The van der Waals surface area contributed by atoms with Crippen molar-refractivity contribution in [2.75, 3.05) is 6.54 Å². The number of benzene rings is 2. The predicted octanol–water partition coefficient (Wildman–Crippen LogP) is 5.49. The highest BCUT2D eigenvalue weighted by molar-refractivity contribution is 7.07. The SMILES string of the molecule is C=CCN=c1scc(-c2cc3ccccc3o2)n1N=Cc1ccc(Cl)c([N+](=O)[O-])c1. The molecule has 150 valence electrons. The molecule has 0 N–H and O–H groups in total. The van der Waals surface area contributed by atoms with E-state index in [1.54, 1.807) is 16.8 Å². The number of hydrogen-bond acceptors (Lipinski definition) is 6. The minimum atomic E-state index is -0.526. The Kier molecular flexibility index (Phi) is 5.60. The van der Waals surface area contributed by atoms with E-state index in [1.807, 2.05) is 35.7 Å². The van der Waals surface area contributed by atoms with Crippen LogP contribution in [0.25, 0.3) is 22.4 Å². The number of furan rings is 1. The molecule has 4 aromatic rings. The number of fused-ring (bicyclic) bond motifs is 1. The second-order valence-electron chi connectivity index (χ2n) is 6.21. The van der Waals surface area contributed by atoms with E-state index in [4.69, 9.17) is 16.0 Å². The van der Waals surface area contributed by atoms with Gasteiger partial charge in [0.15, 0.2) is 5.76 Å². The standard InChI is InChI=1S/C21H15ClN4O3S/c1-2-9-23-21-25(24-12-14-7-8-16(22)17(10-14)26(27)28)18(13-30-21)20-11-15-5-3-4-6-19(15)29-20/h2-8,10-13H,1,9H2. The van der Waals surface area contributed by atoms with E-state index >= 15 is 0 Å². The second kappa shape index (κ2) is 8.48. The summed E-state index contributed by atoms with van der Waals surface area (Å²) < 4.78 is 7.62. The zero-order valence-electron chi connectivity index (χ0n) is 15.6. The van der Waals surface area contributed by atoms with Crippen LogP contribution in [-0.4, -0.2) is 22.4 Å². The van der Waals surface area contributed by atoms with E-state index in [0.717, 1.165) is 16.7 Å². The van der Waals surface area contributed by atoms with Gasteiger partial charge in [0, 0.05) is 22.4 Å². The summed E-state index contributed by atoms with van der Waals surface area (Å²) in [7, 11) is 0. The minimum absolute atomic E-state index is 0.0740. The number of hydrogen-bond donors (Lipinski definition) is 0. The summed E-state index contributed by atoms with van der Waals surface area (Å²) in [6, 6.07) is 14.2. The van der Waals surface area contributed by atoms with Gasteiger partial charge in [-0.3, -0.25) is 15.1 Å². The van der Waals surface area contributed by atoms with Crippen molar-refractivity contribution in [1.82, 2.24) is 4.68 Å². The Labute approximate surface area is 180 Å². The molecule has 0 fully saturated rings. The molecule has 0 spiro atoms. The highest BCUT2D eigenvalue weighted by Crippen LogP contribution is 2.28. The first-order valence-corrected chi connectivity index (χ1v) is 10.1. The Morgan fingerprint density at radius 1 is 1.27 bits per heavy atom. The minimum Gasteiger partial charge on any atom is -0.454 e. The molecule has 0 aliphatic rings. The number of aromatic nitrogens is 1. The fraction of sp³-hybridized carbons (Fsp3) is 0.0476. The van der Waals surface area contributed by atoms with Gasteiger partial charge in [-0.2, -0.15) is 5.10 Å². The van der Waals surface area contributed by atoms with Gasteiger partial charge < -0.3 is 4.42 Å². The van der Waals surface area contributed by atoms with Crippen LogP contribution in [0.3, 0.4) is 0 Å². The normalized spacial score (nSPS) is 12.1. The molecule has 2 aromatic heterocycles. The first-order chi connectivity index (χ1) is 14.6. The summed E-state index contributed by atoms with van der Waals surface area (Å²) in [5, 5.41) is 18.6. The largest absolute Gasteiger partial charge is 0.454 e. The fourth-order valence-corrected chi connectivity index (χ4v) is 3.83. The van der Waals surface area contributed by atoms with Crippen LogP contribution in [0.15, 0.2) is 81.1 Å². The van der Waals surface area contributed by atoms with Gasteiger partial charge in [0.25, 0.3) is 5.69 Å². The van der Waals surface area contributed by atoms with Crippen molar-refractivity contribution in [2.45, 2.75) is 0 Å². The maximum absolute atomic E-state index is 11.1. The van der Waals surface area contributed by atoms with Gasteiger partial charge >= 0.3 is 0 Å². The van der Waals surface area contributed by atoms with E-state index in [0.29, 0.717) is 22.7 Å². The molecule has 4 rings (SSSR count). The van der Waals surface area contributed by atoms with Crippen LogP contribution < -0.4 is 4.80 Å². The summed E-state index contributed by atoms with van der Waals surface area (Å²) in [6.45, 7) is 4.13. The Morgan fingerprint density at radius 3 is 2.87 bits per heavy atom. The summed E-state index contributed by atoms with van der Waals surface area (Å²) in [4.78, 5) is 15.7. The molecule has 2 aromatic carbocycles. The highest BCUT2D eigenvalue weighted by atomic mass is 35.5. The maximum atomic E-state index is 11.1. The number of halogens is 1. The summed E-state index contributed by atoms with van der Waals surface area (Å²) in [5.41, 5.74) is 1.85. The average molecular weight is 439 g/mol. The van der Waals surface area contributed by atoms with E-state index in [-0.39, 0.29) is 10.7 Å². The molecular formula is C21H15ClN4O3S.